The monoisotopic (exact) mass is 372 g/mol. The number of alkyl halides is 3. The first-order valence-electron chi connectivity index (χ1n) is 8.34. The van der Waals surface area contributed by atoms with Gasteiger partial charge in [0.1, 0.15) is 0 Å². The maximum absolute atomic E-state index is 13.0. The number of hydrogen-bond acceptors (Lipinski definition) is 1. The zero-order valence-corrected chi connectivity index (χ0v) is 15.0. The van der Waals surface area contributed by atoms with Crippen molar-refractivity contribution < 1.29 is 18.0 Å². The van der Waals surface area contributed by atoms with Crippen LogP contribution in [-0.2, 0) is 17.5 Å². The van der Waals surface area contributed by atoms with E-state index < -0.39 is 17.6 Å². The van der Waals surface area contributed by atoms with Gasteiger partial charge in [0.25, 0.3) is 0 Å². The molecule has 2 aromatic carbocycles. The number of aromatic nitrogens is 1. The minimum absolute atomic E-state index is 0.222. The van der Waals surface area contributed by atoms with Crippen LogP contribution in [0.2, 0.25) is 0 Å². The largest absolute Gasteiger partial charge is 0.416 e. The normalized spacial score (nSPS) is 11.7. The summed E-state index contributed by atoms with van der Waals surface area (Å²) in [5, 5.41) is 0.916. The zero-order valence-electron chi connectivity index (χ0n) is 15.0. The first kappa shape index (κ1) is 18.8. The lowest BCUT2D eigenvalue weighted by molar-refractivity contribution is -0.137. The van der Waals surface area contributed by atoms with E-state index in [1.54, 1.807) is 12.1 Å². The Morgan fingerprint density at radius 2 is 1.85 bits per heavy atom. The van der Waals surface area contributed by atoms with E-state index in [0.717, 1.165) is 28.2 Å². The number of aryl methyl sites for hydroxylation is 1. The van der Waals surface area contributed by atoms with E-state index in [1.165, 1.54) is 12.1 Å². The third-order valence-corrected chi connectivity index (χ3v) is 4.88. The van der Waals surface area contributed by atoms with Crippen molar-refractivity contribution in [2.75, 3.05) is 0 Å². The topological polar surface area (TPSA) is 48.0 Å². The second-order valence-electron chi connectivity index (χ2n) is 6.57. The molecule has 0 aliphatic rings. The average molecular weight is 372 g/mol. The molecule has 0 spiro atoms. The quantitative estimate of drug-likeness (QED) is 0.656. The molecule has 3 aromatic rings. The Morgan fingerprint density at radius 1 is 1.15 bits per heavy atom. The lowest BCUT2D eigenvalue weighted by atomic mass is 10.0. The van der Waals surface area contributed by atoms with Gasteiger partial charge in [0.15, 0.2) is 0 Å². The second-order valence-corrected chi connectivity index (χ2v) is 6.57. The highest BCUT2D eigenvalue weighted by molar-refractivity contribution is 6.18. The smallest absolute Gasteiger partial charge is 0.366 e. The molecule has 0 aliphatic carbocycles. The van der Waals surface area contributed by atoms with Crippen LogP contribution in [-0.4, -0.2) is 10.5 Å². The summed E-state index contributed by atoms with van der Waals surface area (Å²) in [5.74, 6) is -0.591. The fraction of sp³-hybridized carbons (Fsp3) is 0.190. The number of primary amides is 1. The summed E-state index contributed by atoms with van der Waals surface area (Å²) in [4.78, 5) is 11.4. The number of rotatable bonds is 4. The molecule has 27 heavy (non-hydrogen) atoms. The van der Waals surface area contributed by atoms with E-state index in [2.05, 4.69) is 6.58 Å². The molecular formula is C21H19F3N2O. The SMILES string of the molecule is C=C(C(N)=O)c1ccc2c(c1)c(C)c(C)n2Cc1cccc(C(F)(F)F)c1. The summed E-state index contributed by atoms with van der Waals surface area (Å²) < 4.78 is 40.9. The van der Waals surface area contributed by atoms with Crippen LogP contribution in [0.15, 0.2) is 49.0 Å². The number of benzene rings is 2. The molecule has 1 amide bonds. The van der Waals surface area contributed by atoms with Gasteiger partial charge in [-0.15, -0.1) is 0 Å². The Hall–Kier alpha value is -3.02. The number of hydrogen-bond donors (Lipinski definition) is 1. The first-order valence-corrected chi connectivity index (χ1v) is 8.34. The van der Waals surface area contributed by atoms with Crippen molar-refractivity contribution >= 4 is 22.4 Å². The van der Waals surface area contributed by atoms with Crippen molar-refractivity contribution in [3.05, 3.63) is 77.0 Å². The van der Waals surface area contributed by atoms with Crippen LogP contribution in [0.4, 0.5) is 13.2 Å². The first-order chi connectivity index (χ1) is 12.6. The van der Waals surface area contributed by atoms with E-state index in [9.17, 15) is 18.0 Å². The van der Waals surface area contributed by atoms with Gasteiger partial charge in [0, 0.05) is 28.7 Å². The van der Waals surface area contributed by atoms with Gasteiger partial charge in [-0.25, -0.2) is 0 Å². The molecule has 0 fully saturated rings. The van der Waals surface area contributed by atoms with Crippen LogP contribution < -0.4 is 5.73 Å². The maximum atomic E-state index is 13.0. The van der Waals surface area contributed by atoms with Crippen molar-refractivity contribution in [3.8, 4) is 0 Å². The predicted molar refractivity (Wildman–Crippen MR) is 100 cm³/mol. The molecule has 0 atom stereocenters. The van der Waals surface area contributed by atoms with Crippen LogP contribution in [0.25, 0.3) is 16.5 Å². The highest BCUT2D eigenvalue weighted by atomic mass is 19.4. The van der Waals surface area contributed by atoms with Crippen LogP contribution in [0, 0.1) is 13.8 Å². The van der Waals surface area contributed by atoms with Gasteiger partial charge in [-0.1, -0.05) is 24.8 Å². The van der Waals surface area contributed by atoms with Crippen LogP contribution >= 0.6 is 0 Å². The minimum atomic E-state index is -4.37. The molecular weight excluding hydrogens is 353 g/mol. The average Bonchev–Trinajstić information content (AvgIpc) is 2.85. The van der Waals surface area contributed by atoms with E-state index in [-0.39, 0.29) is 5.57 Å². The van der Waals surface area contributed by atoms with Crippen molar-refractivity contribution in [1.29, 1.82) is 0 Å². The van der Waals surface area contributed by atoms with E-state index >= 15 is 0 Å². The molecule has 1 aromatic heterocycles. The van der Waals surface area contributed by atoms with Gasteiger partial charge >= 0.3 is 6.18 Å². The van der Waals surface area contributed by atoms with Crippen molar-refractivity contribution in [2.24, 2.45) is 5.73 Å². The number of nitrogens with zero attached hydrogens (tertiary/aromatic N) is 1. The van der Waals surface area contributed by atoms with Crippen LogP contribution in [0.1, 0.15) is 27.9 Å². The van der Waals surface area contributed by atoms with Gasteiger partial charge in [-0.2, -0.15) is 13.2 Å². The molecule has 0 unspecified atom stereocenters. The van der Waals surface area contributed by atoms with Gasteiger partial charge in [0.2, 0.25) is 5.91 Å². The highest BCUT2D eigenvalue weighted by Crippen LogP contribution is 2.31. The number of halogens is 3. The number of nitrogens with two attached hydrogens (primary N) is 1. The van der Waals surface area contributed by atoms with E-state index in [1.807, 2.05) is 30.5 Å². The van der Waals surface area contributed by atoms with Gasteiger partial charge in [-0.3, -0.25) is 4.79 Å². The Labute approximate surface area is 154 Å². The summed E-state index contributed by atoms with van der Waals surface area (Å²) in [6, 6.07) is 10.8. The second kappa shape index (κ2) is 6.61. The molecule has 2 N–H and O–H groups in total. The molecule has 0 saturated heterocycles. The third kappa shape index (κ3) is 3.47. The van der Waals surface area contributed by atoms with E-state index in [4.69, 9.17) is 5.73 Å². The Morgan fingerprint density at radius 3 is 2.48 bits per heavy atom. The molecule has 3 rings (SSSR count). The predicted octanol–water partition coefficient (Wildman–Crippen LogP) is 4.82. The van der Waals surface area contributed by atoms with Gasteiger partial charge in [-0.05, 0) is 54.8 Å². The highest BCUT2D eigenvalue weighted by Gasteiger charge is 2.30. The Balaban J connectivity index is 2.07. The summed E-state index contributed by atoms with van der Waals surface area (Å²) in [5.41, 5.74) is 8.88. The fourth-order valence-electron chi connectivity index (χ4n) is 3.21. The molecule has 0 saturated carbocycles. The van der Waals surface area contributed by atoms with Crippen molar-refractivity contribution in [2.45, 2.75) is 26.6 Å². The number of carbonyl (C=O) groups excluding carboxylic acids is 1. The van der Waals surface area contributed by atoms with Gasteiger partial charge in [0.05, 0.1) is 5.56 Å². The summed E-state index contributed by atoms with van der Waals surface area (Å²) in [6.07, 6.45) is -4.37. The van der Waals surface area contributed by atoms with Crippen LogP contribution in [0.5, 0.6) is 0 Å². The number of amides is 1. The van der Waals surface area contributed by atoms with E-state index in [0.29, 0.717) is 17.7 Å². The molecule has 0 aliphatic heterocycles. The molecule has 6 heteroatoms. The molecule has 3 nitrogen and oxygen atoms in total. The Bertz CT molecular complexity index is 1060. The molecule has 0 radical (unpaired) electrons. The van der Waals surface area contributed by atoms with Crippen LogP contribution in [0.3, 0.4) is 0 Å². The summed E-state index contributed by atoms with van der Waals surface area (Å²) in [7, 11) is 0. The van der Waals surface area contributed by atoms with Gasteiger partial charge < -0.3 is 10.3 Å². The number of fused-ring (bicyclic) bond motifs is 1. The maximum Gasteiger partial charge on any atom is 0.416 e. The zero-order chi connectivity index (χ0) is 19.9. The molecule has 140 valence electrons. The lowest BCUT2D eigenvalue weighted by Gasteiger charge is -2.12. The third-order valence-electron chi connectivity index (χ3n) is 4.88. The van der Waals surface area contributed by atoms with Crippen molar-refractivity contribution in [1.82, 2.24) is 4.57 Å². The number of carbonyl (C=O) groups is 1. The summed E-state index contributed by atoms with van der Waals surface area (Å²) in [6.45, 7) is 7.88. The lowest BCUT2D eigenvalue weighted by Crippen LogP contribution is -2.11. The molecule has 1 heterocycles. The Kier molecular flexibility index (Phi) is 4.59. The minimum Gasteiger partial charge on any atom is -0.366 e. The standard InChI is InChI=1S/C21H19F3N2O/c1-12-14(3)26(11-15-5-4-6-17(9-15)21(22,23)24)19-8-7-16(10-18(12)19)13(2)20(25)27/h4-10H,2,11H2,1,3H3,(H2,25,27). The molecule has 0 bridgehead atoms. The van der Waals surface area contributed by atoms with Crippen molar-refractivity contribution in [3.63, 3.8) is 0 Å². The fourth-order valence-corrected chi connectivity index (χ4v) is 3.21. The summed E-state index contributed by atoms with van der Waals surface area (Å²) >= 11 is 0.